The Balaban J connectivity index is 1.79. The first-order chi connectivity index (χ1) is 9.13. The van der Waals surface area contributed by atoms with Gasteiger partial charge in [0.15, 0.2) is 0 Å². The Morgan fingerprint density at radius 1 is 1.37 bits per heavy atom. The van der Waals surface area contributed by atoms with Crippen molar-refractivity contribution in [1.29, 1.82) is 0 Å². The molecule has 0 spiro atoms. The van der Waals surface area contributed by atoms with Gasteiger partial charge >= 0.3 is 0 Å². The summed E-state index contributed by atoms with van der Waals surface area (Å²) in [5, 5.41) is 3.39. The zero-order valence-corrected chi connectivity index (χ0v) is 10.8. The van der Waals surface area contributed by atoms with E-state index in [9.17, 15) is 4.79 Å². The Hall–Kier alpha value is -1.82. The Bertz CT molecular complexity index is 496. The molecule has 0 radical (unpaired) electrons. The van der Waals surface area contributed by atoms with Gasteiger partial charge in [0.25, 0.3) is 5.91 Å². The van der Waals surface area contributed by atoms with Gasteiger partial charge in [-0.2, -0.15) is 0 Å². The number of amides is 1. The van der Waals surface area contributed by atoms with E-state index in [1.807, 2.05) is 0 Å². The number of hydrogen-bond acceptors (Lipinski definition) is 5. The van der Waals surface area contributed by atoms with Gasteiger partial charge in [0.05, 0.1) is 5.69 Å². The average Bonchev–Trinajstić information content (AvgIpc) is 2.42. The van der Waals surface area contributed by atoms with Crippen LogP contribution in [0, 0.1) is 5.92 Å². The fraction of sp³-hybridized carbons (Fsp3) is 0.538. The van der Waals surface area contributed by atoms with Crippen molar-refractivity contribution in [1.82, 2.24) is 9.88 Å². The van der Waals surface area contributed by atoms with Crippen LogP contribution in [-0.2, 0) is 0 Å². The van der Waals surface area contributed by atoms with E-state index in [0.29, 0.717) is 23.5 Å². The molecular formula is C13H19N5O. The number of carbonyl (C=O) groups excluding carboxylic acids is 1. The van der Waals surface area contributed by atoms with E-state index in [-0.39, 0.29) is 5.69 Å². The average molecular weight is 261 g/mol. The maximum atomic E-state index is 11.2. The Morgan fingerprint density at radius 3 is 2.68 bits per heavy atom. The molecule has 102 valence electrons. The van der Waals surface area contributed by atoms with Crippen molar-refractivity contribution in [2.24, 2.45) is 11.7 Å². The Kier molecular flexibility index (Phi) is 3.02. The number of nitrogen functional groups attached to an aromatic ring is 1. The van der Waals surface area contributed by atoms with Gasteiger partial charge in [-0.15, -0.1) is 0 Å². The molecule has 1 atom stereocenters. The lowest BCUT2D eigenvalue weighted by molar-refractivity contribution is 0.0972. The summed E-state index contributed by atoms with van der Waals surface area (Å²) in [5.74, 6) is 0.718. The minimum absolute atomic E-state index is 0.248. The zero-order valence-electron chi connectivity index (χ0n) is 10.8. The molecule has 6 nitrogen and oxygen atoms in total. The van der Waals surface area contributed by atoms with Crippen molar-refractivity contribution in [3.8, 4) is 0 Å². The molecule has 2 bridgehead atoms. The van der Waals surface area contributed by atoms with E-state index < -0.39 is 5.91 Å². The molecule has 5 N–H and O–H groups in total. The van der Waals surface area contributed by atoms with Crippen molar-refractivity contribution in [3.05, 3.63) is 17.8 Å². The number of rotatable bonds is 3. The van der Waals surface area contributed by atoms with E-state index >= 15 is 0 Å². The van der Waals surface area contributed by atoms with E-state index in [1.54, 1.807) is 12.1 Å². The van der Waals surface area contributed by atoms with Crippen LogP contribution in [0.1, 0.15) is 23.3 Å². The van der Waals surface area contributed by atoms with Crippen LogP contribution in [0.25, 0.3) is 0 Å². The van der Waals surface area contributed by atoms with E-state index in [4.69, 9.17) is 11.5 Å². The third kappa shape index (κ3) is 2.35. The first kappa shape index (κ1) is 12.2. The van der Waals surface area contributed by atoms with Gasteiger partial charge in [-0.1, -0.05) is 0 Å². The predicted octanol–water partition coefficient (Wildman–Crippen LogP) is 0.269. The number of piperidine rings is 3. The summed E-state index contributed by atoms with van der Waals surface area (Å²) < 4.78 is 0. The number of aromatic nitrogens is 1. The van der Waals surface area contributed by atoms with Crippen molar-refractivity contribution < 1.29 is 4.79 Å². The van der Waals surface area contributed by atoms with Gasteiger partial charge in [-0.25, -0.2) is 4.98 Å². The lowest BCUT2D eigenvalue weighted by Crippen LogP contribution is -2.53. The van der Waals surface area contributed by atoms with Crippen LogP contribution in [0.3, 0.4) is 0 Å². The molecule has 0 aliphatic carbocycles. The monoisotopic (exact) mass is 261 g/mol. The maximum Gasteiger partial charge on any atom is 0.267 e. The van der Waals surface area contributed by atoms with Crippen molar-refractivity contribution >= 4 is 17.4 Å². The van der Waals surface area contributed by atoms with Crippen LogP contribution in [0.5, 0.6) is 0 Å². The minimum atomic E-state index is -0.531. The molecule has 4 rings (SSSR count). The van der Waals surface area contributed by atoms with E-state index in [2.05, 4.69) is 15.2 Å². The number of pyridine rings is 1. The van der Waals surface area contributed by atoms with E-state index in [1.165, 1.54) is 25.9 Å². The van der Waals surface area contributed by atoms with Crippen LogP contribution < -0.4 is 16.8 Å². The molecule has 1 aromatic rings. The number of carbonyl (C=O) groups is 1. The molecule has 0 aromatic carbocycles. The molecule has 3 aliphatic rings. The van der Waals surface area contributed by atoms with Gasteiger partial charge < -0.3 is 21.7 Å². The molecule has 1 aromatic heterocycles. The summed E-state index contributed by atoms with van der Waals surface area (Å²) in [7, 11) is 0. The molecule has 3 fully saturated rings. The van der Waals surface area contributed by atoms with Crippen LogP contribution in [0.4, 0.5) is 11.5 Å². The van der Waals surface area contributed by atoms with Gasteiger partial charge in [-0.3, -0.25) is 4.79 Å². The molecule has 1 amide bonds. The standard InChI is InChI=1S/C13H19N5O/c14-9-1-2-10(12(15)19)16-13(9)17-11-7-18-5-3-8(11)4-6-18/h1-2,8,11H,3-7,14H2,(H2,15,19)(H,16,17). The normalized spacial score (nSPS) is 29.2. The van der Waals surface area contributed by atoms with Gasteiger partial charge in [-0.05, 0) is 44.0 Å². The predicted molar refractivity (Wildman–Crippen MR) is 73.7 cm³/mol. The molecule has 3 aliphatic heterocycles. The first-order valence-corrected chi connectivity index (χ1v) is 6.68. The molecule has 6 heteroatoms. The smallest absolute Gasteiger partial charge is 0.267 e. The number of anilines is 2. The van der Waals surface area contributed by atoms with Crippen LogP contribution in [-0.4, -0.2) is 41.5 Å². The summed E-state index contributed by atoms with van der Waals surface area (Å²) in [6.07, 6.45) is 2.43. The number of nitrogens with one attached hydrogen (secondary N) is 1. The maximum absolute atomic E-state index is 11.2. The largest absolute Gasteiger partial charge is 0.396 e. The number of nitrogens with two attached hydrogens (primary N) is 2. The van der Waals surface area contributed by atoms with Crippen LogP contribution >= 0.6 is 0 Å². The third-order valence-corrected chi connectivity index (χ3v) is 4.16. The highest BCUT2D eigenvalue weighted by atomic mass is 16.1. The minimum Gasteiger partial charge on any atom is -0.396 e. The Labute approximate surface area is 112 Å². The highest BCUT2D eigenvalue weighted by Gasteiger charge is 2.34. The zero-order chi connectivity index (χ0) is 13.4. The number of hydrogen-bond donors (Lipinski definition) is 3. The lowest BCUT2D eigenvalue weighted by atomic mass is 9.84. The summed E-state index contributed by atoms with van der Waals surface area (Å²) in [6.45, 7) is 3.40. The van der Waals surface area contributed by atoms with Crippen molar-refractivity contribution in [3.63, 3.8) is 0 Å². The molecule has 1 unspecified atom stereocenters. The topological polar surface area (TPSA) is 97.3 Å². The molecule has 0 saturated carbocycles. The first-order valence-electron chi connectivity index (χ1n) is 6.68. The van der Waals surface area contributed by atoms with Crippen molar-refractivity contribution in [2.45, 2.75) is 18.9 Å². The van der Waals surface area contributed by atoms with Crippen LogP contribution in [0.15, 0.2) is 12.1 Å². The second-order valence-corrected chi connectivity index (χ2v) is 5.39. The fourth-order valence-corrected chi connectivity index (χ4v) is 3.03. The summed E-state index contributed by atoms with van der Waals surface area (Å²) >= 11 is 0. The van der Waals surface area contributed by atoms with Gasteiger partial charge in [0.2, 0.25) is 0 Å². The van der Waals surface area contributed by atoms with E-state index in [0.717, 1.165) is 6.54 Å². The summed E-state index contributed by atoms with van der Waals surface area (Å²) in [4.78, 5) is 17.8. The second kappa shape index (κ2) is 4.70. The highest BCUT2D eigenvalue weighted by Crippen LogP contribution is 2.30. The lowest BCUT2D eigenvalue weighted by Gasteiger charge is -2.45. The molecule has 3 saturated heterocycles. The van der Waals surface area contributed by atoms with Crippen molar-refractivity contribution in [2.75, 3.05) is 30.7 Å². The number of nitrogens with zero attached hydrogens (tertiary/aromatic N) is 2. The highest BCUT2D eigenvalue weighted by molar-refractivity contribution is 5.91. The molecule has 19 heavy (non-hydrogen) atoms. The SMILES string of the molecule is NC(=O)c1ccc(N)c(NC2CN3CCC2CC3)n1. The third-order valence-electron chi connectivity index (χ3n) is 4.16. The quantitative estimate of drug-likeness (QED) is 0.725. The van der Waals surface area contributed by atoms with Gasteiger partial charge in [0, 0.05) is 12.6 Å². The van der Waals surface area contributed by atoms with Crippen LogP contribution in [0.2, 0.25) is 0 Å². The fourth-order valence-electron chi connectivity index (χ4n) is 3.03. The Morgan fingerprint density at radius 2 is 2.11 bits per heavy atom. The number of fused-ring (bicyclic) bond motifs is 3. The van der Waals surface area contributed by atoms with Gasteiger partial charge in [0.1, 0.15) is 11.5 Å². The molecular weight excluding hydrogens is 242 g/mol. The molecule has 4 heterocycles. The summed E-state index contributed by atoms with van der Waals surface area (Å²) in [5.41, 5.74) is 12.0. The summed E-state index contributed by atoms with van der Waals surface area (Å²) in [6, 6.07) is 3.59. The number of primary amides is 1. The second-order valence-electron chi connectivity index (χ2n) is 5.39.